The summed E-state index contributed by atoms with van der Waals surface area (Å²) in [5.41, 5.74) is 3.73. The Morgan fingerprint density at radius 3 is 2.26 bits per heavy atom. The molecule has 3 aromatic rings. The fourth-order valence-electron chi connectivity index (χ4n) is 2.47. The minimum atomic E-state index is 0.898. The summed E-state index contributed by atoms with van der Waals surface area (Å²) < 4.78 is 0. The van der Waals surface area contributed by atoms with Crippen LogP contribution in [0.3, 0.4) is 0 Å². The molecular formula is C19H16. The zero-order chi connectivity index (χ0) is 13.1. The molecule has 0 atom stereocenters. The fourth-order valence-corrected chi connectivity index (χ4v) is 2.47. The Morgan fingerprint density at radius 1 is 0.737 bits per heavy atom. The lowest BCUT2D eigenvalue weighted by molar-refractivity contribution is 1.29. The van der Waals surface area contributed by atoms with Crippen LogP contribution in [-0.2, 0) is 6.42 Å². The molecule has 92 valence electrons. The van der Waals surface area contributed by atoms with Crippen molar-refractivity contribution in [2.24, 2.45) is 0 Å². The molecule has 3 aromatic carbocycles. The van der Waals surface area contributed by atoms with Crippen molar-refractivity contribution in [2.45, 2.75) is 6.42 Å². The van der Waals surface area contributed by atoms with Crippen LogP contribution in [0.25, 0.3) is 16.3 Å². The van der Waals surface area contributed by atoms with Crippen LogP contribution in [0.1, 0.15) is 11.1 Å². The normalized spacial score (nSPS) is 10.5. The van der Waals surface area contributed by atoms with Gasteiger partial charge in [0.25, 0.3) is 0 Å². The molecule has 0 heterocycles. The van der Waals surface area contributed by atoms with Crippen LogP contribution in [0, 0.1) is 0 Å². The van der Waals surface area contributed by atoms with Crippen molar-refractivity contribution in [3.63, 3.8) is 0 Å². The Balaban J connectivity index is 1.98. The lowest BCUT2D eigenvalue weighted by atomic mass is 9.95. The number of fused-ring (bicyclic) bond motifs is 1. The topological polar surface area (TPSA) is 0 Å². The van der Waals surface area contributed by atoms with Gasteiger partial charge in [0.05, 0.1) is 0 Å². The molecule has 0 saturated carbocycles. The van der Waals surface area contributed by atoms with Crippen molar-refractivity contribution in [1.29, 1.82) is 0 Å². The molecule has 0 unspecified atom stereocenters. The summed E-state index contributed by atoms with van der Waals surface area (Å²) in [4.78, 5) is 0. The smallest absolute Gasteiger partial charge is 0.00255 e. The second-order valence-corrected chi connectivity index (χ2v) is 4.79. The van der Waals surface area contributed by atoms with Gasteiger partial charge < -0.3 is 0 Å². The van der Waals surface area contributed by atoms with Gasteiger partial charge in [0, 0.05) is 0 Å². The Morgan fingerprint density at radius 2 is 1.42 bits per heavy atom. The maximum atomic E-state index is 4.27. The molecule has 0 fully saturated rings. The molecule has 3 rings (SSSR count). The van der Waals surface area contributed by atoms with Gasteiger partial charge in [-0.25, -0.2) is 0 Å². The SMILES string of the molecule is C=C(Cc1ccccc1)c1cccc2ccccc12. The summed E-state index contributed by atoms with van der Waals surface area (Å²) in [6.07, 6.45) is 0.898. The molecule has 0 aliphatic heterocycles. The predicted octanol–water partition coefficient (Wildman–Crippen LogP) is 5.10. The summed E-state index contributed by atoms with van der Waals surface area (Å²) >= 11 is 0. The summed E-state index contributed by atoms with van der Waals surface area (Å²) in [6, 6.07) is 25.4. The summed E-state index contributed by atoms with van der Waals surface area (Å²) in [6.45, 7) is 4.27. The Labute approximate surface area is 114 Å². The van der Waals surface area contributed by atoms with E-state index in [1.807, 2.05) is 6.07 Å². The molecule has 0 radical (unpaired) electrons. The van der Waals surface area contributed by atoms with Gasteiger partial charge in [-0.2, -0.15) is 0 Å². The average molecular weight is 244 g/mol. The second kappa shape index (κ2) is 5.11. The minimum Gasteiger partial charge on any atom is -0.0949 e. The lowest BCUT2D eigenvalue weighted by Gasteiger charge is -2.10. The van der Waals surface area contributed by atoms with Gasteiger partial charge in [0.2, 0.25) is 0 Å². The highest BCUT2D eigenvalue weighted by Gasteiger charge is 2.04. The molecule has 0 amide bonds. The van der Waals surface area contributed by atoms with E-state index in [0.717, 1.165) is 6.42 Å². The third kappa shape index (κ3) is 2.43. The van der Waals surface area contributed by atoms with Gasteiger partial charge in [0.15, 0.2) is 0 Å². The predicted molar refractivity (Wildman–Crippen MR) is 83.1 cm³/mol. The highest BCUT2D eigenvalue weighted by molar-refractivity contribution is 5.93. The van der Waals surface area contributed by atoms with E-state index in [2.05, 4.69) is 73.3 Å². The van der Waals surface area contributed by atoms with E-state index >= 15 is 0 Å². The highest BCUT2D eigenvalue weighted by atomic mass is 14.1. The van der Waals surface area contributed by atoms with Crippen molar-refractivity contribution in [3.05, 3.63) is 90.5 Å². The van der Waals surface area contributed by atoms with Crippen LogP contribution in [0.15, 0.2) is 79.4 Å². The van der Waals surface area contributed by atoms with E-state index in [1.54, 1.807) is 0 Å². The van der Waals surface area contributed by atoms with Crippen molar-refractivity contribution < 1.29 is 0 Å². The third-order valence-electron chi connectivity index (χ3n) is 3.43. The van der Waals surface area contributed by atoms with Crippen LogP contribution in [0.5, 0.6) is 0 Å². The molecule has 0 spiro atoms. The van der Waals surface area contributed by atoms with E-state index in [4.69, 9.17) is 0 Å². The quantitative estimate of drug-likeness (QED) is 0.601. The number of rotatable bonds is 3. The maximum absolute atomic E-state index is 4.27. The molecule has 0 aromatic heterocycles. The molecule has 0 heteroatoms. The van der Waals surface area contributed by atoms with Crippen LogP contribution in [-0.4, -0.2) is 0 Å². The van der Waals surface area contributed by atoms with Gasteiger partial charge in [-0.15, -0.1) is 0 Å². The number of benzene rings is 3. The van der Waals surface area contributed by atoms with E-state index in [9.17, 15) is 0 Å². The molecule has 0 saturated heterocycles. The maximum Gasteiger partial charge on any atom is -0.00255 e. The molecule has 0 nitrogen and oxygen atoms in total. The van der Waals surface area contributed by atoms with E-state index in [1.165, 1.54) is 27.5 Å². The summed E-state index contributed by atoms with van der Waals surface area (Å²) in [7, 11) is 0. The summed E-state index contributed by atoms with van der Waals surface area (Å²) in [5.74, 6) is 0. The van der Waals surface area contributed by atoms with Crippen molar-refractivity contribution in [2.75, 3.05) is 0 Å². The molecular weight excluding hydrogens is 228 g/mol. The van der Waals surface area contributed by atoms with E-state index in [-0.39, 0.29) is 0 Å². The van der Waals surface area contributed by atoms with E-state index in [0.29, 0.717) is 0 Å². The van der Waals surface area contributed by atoms with Gasteiger partial charge in [-0.3, -0.25) is 0 Å². The Kier molecular flexibility index (Phi) is 3.16. The van der Waals surface area contributed by atoms with Crippen molar-refractivity contribution in [1.82, 2.24) is 0 Å². The van der Waals surface area contributed by atoms with Crippen LogP contribution in [0.4, 0.5) is 0 Å². The van der Waals surface area contributed by atoms with Gasteiger partial charge in [0.1, 0.15) is 0 Å². The zero-order valence-corrected chi connectivity index (χ0v) is 10.8. The van der Waals surface area contributed by atoms with Gasteiger partial charge in [-0.05, 0) is 33.9 Å². The minimum absolute atomic E-state index is 0.898. The third-order valence-corrected chi connectivity index (χ3v) is 3.43. The average Bonchev–Trinajstić information content (AvgIpc) is 2.47. The molecule has 0 N–H and O–H groups in total. The van der Waals surface area contributed by atoms with Crippen LogP contribution >= 0.6 is 0 Å². The Hall–Kier alpha value is -2.34. The number of hydrogen-bond acceptors (Lipinski definition) is 0. The van der Waals surface area contributed by atoms with Crippen LogP contribution < -0.4 is 0 Å². The van der Waals surface area contributed by atoms with E-state index < -0.39 is 0 Å². The first-order valence-corrected chi connectivity index (χ1v) is 6.54. The van der Waals surface area contributed by atoms with Crippen molar-refractivity contribution in [3.8, 4) is 0 Å². The molecule has 0 aliphatic carbocycles. The second-order valence-electron chi connectivity index (χ2n) is 4.79. The van der Waals surface area contributed by atoms with Gasteiger partial charge >= 0.3 is 0 Å². The van der Waals surface area contributed by atoms with Crippen molar-refractivity contribution >= 4 is 16.3 Å². The number of hydrogen-bond donors (Lipinski definition) is 0. The molecule has 0 aliphatic rings. The van der Waals surface area contributed by atoms with Crippen LogP contribution in [0.2, 0.25) is 0 Å². The summed E-state index contributed by atoms with van der Waals surface area (Å²) in [5, 5.41) is 2.56. The van der Waals surface area contributed by atoms with Gasteiger partial charge in [-0.1, -0.05) is 79.4 Å². The lowest BCUT2D eigenvalue weighted by Crippen LogP contribution is -1.90. The first-order valence-electron chi connectivity index (χ1n) is 6.54. The zero-order valence-electron chi connectivity index (χ0n) is 10.8. The number of allylic oxidation sites excluding steroid dienone is 1. The standard InChI is InChI=1S/C19H16/c1-15(14-16-8-3-2-4-9-16)18-13-7-11-17-10-5-6-12-19(17)18/h2-13H,1,14H2. The largest absolute Gasteiger partial charge is 0.0949 e. The highest BCUT2D eigenvalue weighted by Crippen LogP contribution is 2.26. The Bertz CT molecular complexity index is 703. The molecule has 19 heavy (non-hydrogen) atoms. The fraction of sp³-hybridized carbons (Fsp3) is 0.0526. The first kappa shape index (κ1) is 11.7. The molecule has 0 bridgehead atoms. The first-order chi connectivity index (χ1) is 9.34. The monoisotopic (exact) mass is 244 g/mol.